The van der Waals surface area contributed by atoms with Gasteiger partial charge in [-0.2, -0.15) is 5.26 Å². The number of carboxylic acids is 1. The van der Waals surface area contributed by atoms with Gasteiger partial charge in [0.05, 0.1) is 29.1 Å². The maximum absolute atomic E-state index is 12.0. The number of aliphatic carboxylic acids is 1. The normalized spacial score (nSPS) is 16.6. The van der Waals surface area contributed by atoms with Gasteiger partial charge in [0.2, 0.25) is 0 Å². The second-order valence-electron chi connectivity index (χ2n) is 3.87. The van der Waals surface area contributed by atoms with Gasteiger partial charge in [-0.1, -0.05) is 36.1 Å². The molecular formula is C13H7N2O3S2-. The van der Waals surface area contributed by atoms with E-state index in [9.17, 15) is 14.7 Å². The molecule has 5 nitrogen and oxygen atoms in total. The van der Waals surface area contributed by atoms with Crippen LogP contribution in [-0.4, -0.2) is 27.6 Å². The summed E-state index contributed by atoms with van der Waals surface area (Å²) in [5, 5.41) is 19.3. The van der Waals surface area contributed by atoms with Gasteiger partial charge in [0.15, 0.2) is 0 Å². The lowest BCUT2D eigenvalue weighted by atomic mass is 10.1. The Balaban J connectivity index is 2.23. The molecule has 1 aliphatic rings. The fraction of sp³-hybridized carbons (Fsp3) is 0.0769. The number of carbonyl (C=O) groups excluding carboxylic acids is 2. The molecule has 2 rings (SSSR count). The van der Waals surface area contributed by atoms with E-state index in [1.54, 1.807) is 30.3 Å². The molecule has 1 fully saturated rings. The molecule has 1 aromatic rings. The molecule has 0 atom stereocenters. The van der Waals surface area contributed by atoms with Crippen LogP contribution in [0.5, 0.6) is 0 Å². The van der Waals surface area contributed by atoms with Crippen LogP contribution in [0.3, 0.4) is 0 Å². The third-order valence-corrected chi connectivity index (χ3v) is 3.88. The first kappa shape index (κ1) is 14.2. The van der Waals surface area contributed by atoms with Crippen molar-refractivity contribution in [1.82, 2.24) is 4.90 Å². The summed E-state index contributed by atoms with van der Waals surface area (Å²) in [5.74, 6) is -1.81. The zero-order valence-corrected chi connectivity index (χ0v) is 11.7. The van der Waals surface area contributed by atoms with E-state index in [0.29, 0.717) is 10.5 Å². The Bertz CT molecular complexity index is 659. The van der Waals surface area contributed by atoms with Crippen LogP contribution in [0.1, 0.15) is 11.1 Å². The monoisotopic (exact) mass is 303 g/mol. The van der Waals surface area contributed by atoms with E-state index in [1.165, 1.54) is 0 Å². The fourth-order valence-electron chi connectivity index (χ4n) is 1.57. The second kappa shape index (κ2) is 5.86. The first-order valence-electron chi connectivity index (χ1n) is 5.46. The molecule has 1 aromatic carbocycles. The molecule has 1 heterocycles. The molecule has 0 saturated carbocycles. The summed E-state index contributed by atoms with van der Waals surface area (Å²) in [6.07, 6.45) is 1.61. The van der Waals surface area contributed by atoms with Crippen LogP contribution in [0.15, 0.2) is 29.2 Å². The molecule has 0 N–H and O–H groups in total. The lowest BCUT2D eigenvalue weighted by Crippen LogP contribution is -2.40. The van der Waals surface area contributed by atoms with E-state index in [1.807, 2.05) is 6.07 Å². The predicted octanol–water partition coefficient (Wildman–Crippen LogP) is 0.509. The first-order chi connectivity index (χ1) is 9.51. The van der Waals surface area contributed by atoms with Crippen LogP contribution in [0.4, 0.5) is 0 Å². The molecule has 0 aromatic heterocycles. The molecule has 20 heavy (non-hydrogen) atoms. The minimum absolute atomic E-state index is 0.194. The Hall–Kier alpha value is -2.17. The number of hydrogen-bond acceptors (Lipinski definition) is 6. The van der Waals surface area contributed by atoms with Crippen molar-refractivity contribution in [2.45, 2.75) is 0 Å². The van der Waals surface area contributed by atoms with Gasteiger partial charge < -0.3 is 9.90 Å². The van der Waals surface area contributed by atoms with E-state index in [-0.39, 0.29) is 4.32 Å². The van der Waals surface area contributed by atoms with Gasteiger partial charge in [0, 0.05) is 0 Å². The third-order valence-electron chi connectivity index (χ3n) is 2.50. The van der Waals surface area contributed by atoms with Crippen LogP contribution in [0.2, 0.25) is 0 Å². The van der Waals surface area contributed by atoms with Gasteiger partial charge in [0.1, 0.15) is 4.32 Å². The van der Waals surface area contributed by atoms with Crippen LogP contribution in [0.25, 0.3) is 6.08 Å². The minimum atomic E-state index is -1.36. The zero-order chi connectivity index (χ0) is 14.7. The molecule has 1 saturated heterocycles. The average molecular weight is 303 g/mol. The van der Waals surface area contributed by atoms with Gasteiger partial charge in [-0.3, -0.25) is 9.69 Å². The summed E-state index contributed by atoms with van der Waals surface area (Å²) in [6, 6.07) is 8.66. The molecule has 1 amide bonds. The molecular weight excluding hydrogens is 296 g/mol. The van der Waals surface area contributed by atoms with Gasteiger partial charge in [-0.25, -0.2) is 0 Å². The molecule has 0 unspecified atom stereocenters. The van der Waals surface area contributed by atoms with Gasteiger partial charge >= 0.3 is 0 Å². The number of nitriles is 1. The summed E-state index contributed by atoms with van der Waals surface area (Å²) >= 11 is 6.00. The largest absolute Gasteiger partial charge is 0.548 e. The van der Waals surface area contributed by atoms with Crippen LogP contribution in [-0.2, 0) is 9.59 Å². The maximum Gasteiger partial charge on any atom is 0.266 e. The topological polar surface area (TPSA) is 84.2 Å². The molecule has 0 spiro atoms. The average Bonchev–Trinajstić information content (AvgIpc) is 2.67. The summed E-state index contributed by atoms with van der Waals surface area (Å²) in [4.78, 5) is 23.9. The maximum atomic E-state index is 12.0. The molecule has 100 valence electrons. The highest BCUT2D eigenvalue weighted by molar-refractivity contribution is 8.26. The van der Waals surface area contributed by atoms with Crippen LogP contribution >= 0.6 is 24.0 Å². The summed E-state index contributed by atoms with van der Waals surface area (Å²) in [7, 11) is 0. The highest BCUT2D eigenvalue weighted by Gasteiger charge is 2.31. The summed E-state index contributed by atoms with van der Waals surface area (Å²) in [6.45, 7) is -0.546. The quantitative estimate of drug-likeness (QED) is 0.597. The van der Waals surface area contributed by atoms with Crippen molar-refractivity contribution in [3.05, 3.63) is 40.3 Å². The van der Waals surface area contributed by atoms with E-state index >= 15 is 0 Å². The fourth-order valence-corrected chi connectivity index (χ4v) is 2.83. The smallest absolute Gasteiger partial charge is 0.266 e. The van der Waals surface area contributed by atoms with E-state index in [2.05, 4.69) is 0 Å². The molecule has 1 aliphatic heterocycles. The summed E-state index contributed by atoms with van der Waals surface area (Å²) < 4.78 is 0.194. The van der Waals surface area contributed by atoms with Gasteiger partial charge in [-0.05, 0) is 23.8 Å². The second-order valence-corrected chi connectivity index (χ2v) is 5.55. The Kier molecular flexibility index (Phi) is 4.17. The van der Waals surface area contributed by atoms with Crippen molar-refractivity contribution >= 4 is 46.3 Å². The van der Waals surface area contributed by atoms with Crippen molar-refractivity contribution in [2.24, 2.45) is 0 Å². The Morgan fingerprint density at radius 2 is 2.10 bits per heavy atom. The lowest BCUT2D eigenvalue weighted by Gasteiger charge is -2.14. The number of thioether (sulfide) groups is 1. The zero-order valence-electron chi connectivity index (χ0n) is 10.0. The van der Waals surface area contributed by atoms with Crippen molar-refractivity contribution in [3.63, 3.8) is 0 Å². The summed E-state index contributed by atoms with van der Waals surface area (Å²) in [5.41, 5.74) is 1.25. The number of hydrogen-bond donors (Lipinski definition) is 0. The number of carbonyl (C=O) groups is 2. The van der Waals surface area contributed by atoms with Crippen LogP contribution in [0, 0.1) is 11.3 Å². The standard InChI is InChI=1S/C13H8N2O3S2/c14-6-9-3-1-8(2-4-9)5-10-12(18)15(7-11(16)17)13(19)20-10/h1-5H,7H2,(H,16,17)/p-1/b10-5+. The number of nitrogens with zero attached hydrogens (tertiary/aromatic N) is 2. The number of benzene rings is 1. The van der Waals surface area contributed by atoms with Crippen molar-refractivity contribution in [1.29, 1.82) is 5.26 Å². The number of amides is 1. The number of rotatable bonds is 3. The molecule has 7 heteroatoms. The number of thiocarbonyl (C=S) groups is 1. The van der Waals surface area contributed by atoms with Crippen molar-refractivity contribution in [3.8, 4) is 6.07 Å². The third kappa shape index (κ3) is 3.04. The first-order valence-corrected chi connectivity index (χ1v) is 6.69. The van der Waals surface area contributed by atoms with E-state index < -0.39 is 18.4 Å². The van der Waals surface area contributed by atoms with Crippen LogP contribution < -0.4 is 5.11 Å². The van der Waals surface area contributed by atoms with Gasteiger partial charge in [-0.15, -0.1) is 0 Å². The molecule has 0 aliphatic carbocycles. The SMILES string of the molecule is N#Cc1ccc(/C=C2/SC(=S)N(CC(=O)[O-])C2=O)cc1. The minimum Gasteiger partial charge on any atom is -0.548 e. The Morgan fingerprint density at radius 1 is 1.45 bits per heavy atom. The predicted molar refractivity (Wildman–Crippen MR) is 76.0 cm³/mol. The van der Waals surface area contributed by atoms with Crippen molar-refractivity contribution < 1.29 is 14.7 Å². The Labute approximate surface area is 124 Å². The Morgan fingerprint density at radius 3 is 2.65 bits per heavy atom. The highest BCUT2D eigenvalue weighted by Crippen LogP contribution is 2.32. The van der Waals surface area contributed by atoms with E-state index in [4.69, 9.17) is 17.5 Å². The van der Waals surface area contributed by atoms with Gasteiger partial charge in [0.25, 0.3) is 5.91 Å². The number of carboxylic acid groups (broad SMARTS) is 1. The lowest BCUT2D eigenvalue weighted by molar-refractivity contribution is -0.305. The molecule has 0 bridgehead atoms. The van der Waals surface area contributed by atoms with Crippen molar-refractivity contribution in [2.75, 3.05) is 6.54 Å². The highest BCUT2D eigenvalue weighted by atomic mass is 32.2. The van der Waals surface area contributed by atoms with E-state index in [0.717, 1.165) is 22.2 Å². The molecule has 0 radical (unpaired) electrons.